The molecule has 17 heavy (non-hydrogen) atoms. The van der Waals surface area contributed by atoms with Gasteiger partial charge in [0, 0.05) is 22.2 Å². The predicted octanol–water partition coefficient (Wildman–Crippen LogP) is 3.33. The second-order valence-corrected chi connectivity index (χ2v) is 5.55. The van der Waals surface area contributed by atoms with Crippen molar-refractivity contribution in [3.05, 3.63) is 34.9 Å². The van der Waals surface area contributed by atoms with Crippen LogP contribution in [0.4, 0.5) is 0 Å². The third-order valence-electron chi connectivity index (χ3n) is 3.26. The van der Waals surface area contributed by atoms with Crippen molar-refractivity contribution >= 4 is 24.0 Å². The highest BCUT2D eigenvalue weighted by Gasteiger charge is 2.34. The number of nitrogens with one attached hydrogen (secondary N) is 1. The SMILES string of the molecule is CC1(C)CC[C@H]([C@H](O)c2ccccc2Cl)N1.Cl. The molecule has 0 bridgehead atoms. The number of aliphatic hydroxyl groups excluding tert-OH is 1. The number of hydrogen-bond acceptors (Lipinski definition) is 2. The Morgan fingerprint density at radius 3 is 2.59 bits per heavy atom. The maximum Gasteiger partial charge on any atom is 0.0957 e. The summed E-state index contributed by atoms with van der Waals surface area (Å²) < 4.78 is 0. The molecule has 1 aromatic carbocycles. The second kappa shape index (κ2) is 5.57. The monoisotopic (exact) mass is 275 g/mol. The molecule has 96 valence electrons. The van der Waals surface area contributed by atoms with Crippen LogP contribution in [0, 0.1) is 0 Å². The van der Waals surface area contributed by atoms with Gasteiger partial charge in [0.2, 0.25) is 0 Å². The molecule has 0 amide bonds. The fraction of sp³-hybridized carbons (Fsp3) is 0.538. The minimum absolute atomic E-state index is 0. The van der Waals surface area contributed by atoms with Gasteiger partial charge in [-0.25, -0.2) is 0 Å². The summed E-state index contributed by atoms with van der Waals surface area (Å²) in [7, 11) is 0. The van der Waals surface area contributed by atoms with Crippen LogP contribution in [0.25, 0.3) is 0 Å². The summed E-state index contributed by atoms with van der Waals surface area (Å²) in [5, 5.41) is 14.4. The lowest BCUT2D eigenvalue weighted by Crippen LogP contribution is -2.40. The summed E-state index contributed by atoms with van der Waals surface area (Å²) in [6.45, 7) is 4.32. The average molecular weight is 276 g/mol. The van der Waals surface area contributed by atoms with E-state index in [1.54, 1.807) is 0 Å². The number of rotatable bonds is 2. The zero-order chi connectivity index (χ0) is 11.8. The van der Waals surface area contributed by atoms with E-state index in [0.29, 0.717) is 5.02 Å². The summed E-state index contributed by atoms with van der Waals surface area (Å²) >= 11 is 6.08. The fourth-order valence-corrected chi connectivity index (χ4v) is 2.58. The van der Waals surface area contributed by atoms with Gasteiger partial charge in [0.1, 0.15) is 0 Å². The van der Waals surface area contributed by atoms with Crippen molar-refractivity contribution in [3.63, 3.8) is 0 Å². The van der Waals surface area contributed by atoms with Crippen molar-refractivity contribution in [2.45, 2.75) is 44.4 Å². The molecule has 4 heteroatoms. The number of aliphatic hydroxyl groups is 1. The Balaban J connectivity index is 0.00000144. The minimum Gasteiger partial charge on any atom is -0.387 e. The highest BCUT2D eigenvalue weighted by atomic mass is 35.5. The quantitative estimate of drug-likeness (QED) is 0.868. The molecule has 1 aliphatic heterocycles. The van der Waals surface area contributed by atoms with Crippen molar-refractivity contribution in [2.24, 2.45) is 0 Å². The van der Waals surface area contributed by atoms with Crippen LogP contribution in [0.5, 0.6) is 0 Å². The van der Waals surface area contributed by atoms with Crippen molar-refractivity contribution in [1.82, 2.24) is 5.32 Å². The first-order valence-corrected chi connectivity index (χ1v) is 6.07. The van der Waals surface area contributed by atoms with Crippen LogP contribution >= 0.6 is 24.0 Å². The lowest BCUT2D eigenvalue weighted by atomic mass is 10.00. The Morgan fingerprint density at radius 1 is 1.41 bits per heavy atom. The van der Waals surface area contributed by atoms with E-state index >= 15 is 0 Å². The zero-order valence-corrected chi connectivity index (χ0v) is 11.7. The van der Waals surface area contributed by atoms with Crippen LogP contribution in [0.3, 0.4) is 0 Å². The lowest BCUT2D eigenvalue weighted by molar-refractivity contribution is 0.132. The Morgan fingerprint density at radius 2 is 2.06 bits per heavy atom. The van der Waals surface area contributed by atoms with Gasteiger partial charge >= 0.3 is 0 Å². The van der Waals surface area contributed by atoms with Gasteiger partial charge in [0.15, 0.2) is 0 Å². The van der Waals surface area contributed by atoms with Gasteiger partial charge in [-0.3, -0.25) is 0 Å². The third kappa shape index (κ3) is 3.35. The molecule has 0 aliphatic carbocycles. The Bertz CT molecular complexity index is 381. The van der Waals surface area contributed by atoms with E-state index in [2.05, 4.69) is 19.2 Å². The molecule has 0 spiro atoms. The Kier molecular flexibility index (Phi) is 4.85. The molecule has 2 atom stereocenters. The molecule has 2 N–H and O–H groups in total. The first kappa shape index (κ1) is 14.8. The van der Waals surface area contributed by atoms with E-state index in [0.717, 1.165) is 18.4 Å². The van der Waals surface area contributed by atoms with E-state index in [4.69, 9.17) is 11.6 Å². The molecule has 1 saturated heterocycles. The first-order valence-electron chi connectivity index (χ1n) is 5.70. The van der Waals surface area contributed by atoms with E-state index in [-0.39, 0.29) is 24.0 Å². The smallest absolute Gasteiger partial charge is 0.0957 e. The van der Waals surface area contributed by atoms with E-state index < -0.39 is 6.10 Å². The fourth-order valence-electron chi connectivity index (χ4n) is 2.33. The second-order valence-electron chi connectivity index (χ2n) is 5.14. The van der Waals surface area contributed by atoms with Gasteiger partial charge in [-0.05, 0) is 32.8 Å². The van der Waals surface area contributed by atoms with Gasteiger partial charge < -0.3 is 10.4 Å². The standard InChI is InChI=1S/C13H18ClNO.ClH/c1-13(2)8-7-11(15-13)12(16)9-5-3-4-6-10(9)14;/h3-6,11-12,15-16H,7-8H2,1-2H3;1H/t11-,12-;/m1./s1. The Labute approximate surface area is 114 Å². The predicted molar refractivity (Wildman–Crippen MR) is 73.9 cm³/mol. The van der Waals surface area contributed by atoms with Gasteiger partial charge in [-0.15, -0.1) is 12.4 Å². The highest BCUT2D eigenvalue weighted by molar-refractivity contribution is 6.31. The highest BCUT2D eigenvalue weighted by Crippen LogP contribution is 2.32. The molecule has 1 aromatic rings. The van der Waals surface area contributed by atoms with Crippen LogP contribution in [0.15, 0.2) is 24.3 Å². The van der Waals surface area contributed by atoms with Crippen molar-refractivity contribution in [2.75, 3.05) is 0 Å². The summed E-state index contributed by atoms with van der Waals surface area (Å²) in [5.74, 6) is 0. The molecule has 2 rings (SSSR count). The van der Waals surface area contributed by atoms with Crippen LogP contribution in [0.1, 0.15) is 38.4 Å². The number of halogens is 2. The van der Waals surface area contributed by atoms with Gasteiger partial charge in [-0.1, -0.05) is 29.8 Å². The maximum atomic E-state index is 10.3. The van der Waals surface area contributed by atoms with E-state index in [9.17, 15) is 5.11 Å². The van der Waals surface area contributed by atoms with Gasteiger partial charge in [0.05, 0.1) is 6.10 Å². The van der Waals surface area contributed by atoms with E-state index in [1.165, 1.54) is 0 Å². The van der Waals surface area contributed by atoms with Crippen molar-refractivity contribution in [1.29, 1.82) is 0 Å². The minimum atomic E-state index is -0.518. The van der Waals surface area contributed by atoms with Crippen LogP contribution < -0.4 is 5.32 Å². The van der Waals surface area contributed by atoms with Gasteiger partial charge in [0.25, 0.3) is 0 Å². The van der Waals surface area contributed by atoms with Crippen LogP contribution in [0.2, 0.25) is 5.02 Å². The molecule has 0 radical (unpaired) electrons. The molecule has 0 aromatic heterocycles. The first-order chi connectivity index (χ1) is 7.49. The Hall–Kier alpha value is -0.280. The van der Waals surface area contributed by atoms with Crippen molar-refractivity contribution in [3.8, 4) is 0 Å². The normalized spacial score (nSPS) is 24.1. The molecule has 1 fully saturated rings. The van der Waals surface area contributed by atoms with Crippen LogP contribution in [-0.2, 0) is 0 Å². The summed E-state index contributed by atoms with van der Waals surface area (Å²) in [4.78, 5) is 0. The molecule has 0 unspecified atom stereocenters. The van der Waals surface area contributed by atoms with Gasteiger partial charge in [-0.2, -0.15) is 0 Å². The third-order valence-corrected chi connectivity index (χ3v) is 3.61. The molecule has 1 heterocycles. The molecular formula is C13H19Cl2NO. The number of hydrogen-bond donors (Lipinski definition) is 2. The molecule has 0 saturated carbocycles. The molecular weight excluding hydrogens is 257 g/mol. The summed E-state index contributed by atoms with van der Waals surface area (Å²) in [6.07, 6.45) is 1.55. The molecule has 2 nitrogen and oxygen atoms in total. The maximum absolute atomic E-state index is 10.3. The van der Waals surface area contributed by atoms with Crippen LogP contribution in [-0.4, -0.2) is 16.7 Å². The topological polar surface area (TPSA) is 32.3 Å². The summed E-state index contributed by atoms with van der Waals surface area (Å²) in [6, 6.07) is 7.60. The lowest BCUT2D eigenvalue weighted by Gasteiger charge is -2.24. The summed E-state index contributed by atoms with van der Waals surface area (Å²) in [5.41, 5.74) is 0.937. The van der Waals surface area contributed by atoms with Crippen molar-refractivity contribution < 1.29 is 5.11 Å². The molecule has 1 aliphatic rings. The average Bonchev–Trinajstić information content (AvgIpc) is 2.59. The largest absolute Gasteiger partial charge is 0.387 e. The number of benzene rings is 1. The zero-order valence-electron chi connectivity index (χ0n) is 10.1. The van der Waals surface area contributed by atoms with E-state index in [1.807, 2.05) is 24.3 Å².